The van der Waals surface area contributed by atoms with E-state index in [0.717, 1.165) is 50.6 Å². The molecule has 0 radical (unpaired) electrons. The summed E-state index contributed by atoms with van der Waals surface area (Å²) in [6.07, 6.45) is 6.67. The van der Waals surface area contributed by atoms with Gasteiger partial charge in [-0.1, -0.05) is 19.8 Å². The molecule has 1 aliphatic heterocycles. The van der Waals surface area contributed by atoms with E-state index >= 15 is 0 Å². The fraction of sp³-hybridized carbons (Fsp3) is 0.947. The molecule has 2 rings (SSSR count). The van der Waals surface area contributed by atoms with E-state index in [9.17, 15) is 0 Å². The molecule has 3 unspecified atom stereocenters. The number of guanidine groups is 1. The highest BCUT2D eigenvalue weighted by molar-refractivity contribution is 14.0. The average Bonchev–Trinajstić information content (AvgIpc) is 3.04. The molecule has 2 aliphatic rings. The molecule has 2 fully saturated rings. The first kappa shape index (κ1) is 23.0. The first-order chi connectivity index (χ1) is 11.7. The van der Waals surface area contributed by atoms with Crippen molar-refractivity contribution < 1.29 is 9.47 Å². The predicted molar refractivity (Wildman–Crippen MR) is 115 cm³/mol. The molecular formula is C19H38IN3O2. The summed E-state index contributed by atoms with van der Waals surface area (Å²) in [5.41, 5.74) is 0. The number of ether oxygens (including phenoxy) is 2. The van der Waals surface area contributed by atoms with Crippen molar-refractivity contribution >= 4 is 29.9 Å². The number of likely N-dealkylation sites (tertiary alicyclic amines) is 1. The lowest BCUT2D eigenvalue weighted by atomic mass is 9.82. The predicted octanol–water partition coefficient (Wildman–Crippen LogP) is 3.38. The number of halogens is 1. The van der Waals surface area contributed by atoms with Crippen LogP contribution in [0.3, 0.4) is 0 Å². The smallest absolute Gasteiger partial charge is 0.193 e. The summed E-state index contributed by atoms with van der Waals surface area (Å²) in [6.45, 7) is 10.8. The topological polar surface area (TPSA) is 46.1 Å². The molecule has 0 aromatic rings. The summed E-state index contributed by atoms with van der Waals surface area (Å²) in [6, 6.07) is 0. The molecule has 0 amide bonds. The Balaban J connectivity index is 0.00000312. The van der Waals surface area contributed by atoms with Gasteiger partial charge in [0.2, 0.25) is 0 Å². The van der Waals surface area contributed by atoms with Gasteiger partial charge in [0.25, 0.3) is 0 Å². The molecule has 5 nitrogen and oxygen atoms in total. The SMILES string of the molecule is CCNC(=NCC1CCCC(C)C1)N1CCC(COCCOC)C1.I. The Bertz CT molecular complexity index is 382. The summed E-state index contributed by atoms with van der Waals surface area (Å²) in [5.74, 6) is 3.37. The van der Waals surface area contributed by atoms with Gasteiger partial charge in [0.1, 0.15) is 0 Å². The second-order valence-corrected chi connectivity index (χ2v) is 7.50. The molecule has 1 aliphatic carbocycles. The standard InChI is InChI=1S/C19H37N3O2.HI/c1-4-20-19(21-13-17-7-5-6-16(2)12-17)22-9-8-18(14-22)15-24-11-10-23-3;/h16-18H,4-15H2,1-3H3,(H,20,21);1H. The minimum atomic E-state index is 0. The van der Waals surface area contributed by atoms with E-state index < -0.39 is 0 Å². The minimum Gasteiger partial charge on any atom is -0.382 e. The Labute approximate surface area is 171 Å². The van der Waals surface area contributed by atoms with Gasteiger partial charge in [-0.3, -0.25) is 4.99 Å². The second-order valence-electron chi connectivity index (χ2n) is 7.50. The zero-order valence-electron chi connectivity index (χ0n) is 16.3. The van der Waals surface area contributed by atoms with Gasteiger partial charge in [-0.25, -0.2) is 0 Å². The fourth-order valence-corrected chi connectivity index (χ4v) is 3.92. The third-order valence-electron chi connectivity index (χ3n) is 5.25. The molecule has 6 heteroatoms. The maximum Gasteiger partial charge on any atom is 0.193 e. The number of hydrogen-bond acceptors (Lipinski definition) is 3. The molecule has 0 aromatic carbocycles. The number of nitrogens with one attached hydrogen (secondary N) is 1. The third kappa shape index (κ3) is 8.43. The number of nitrogens with zero attached hydrogens (tertiary/aromatic N) is 2. The number of methoxy groups -OCH3 is 1. The summed E-state index contributed by atoms with van der Waals surface area (Å²) >= 11 is 0. The highest BCUT2D eigenvalue weighted by atomic mass is 127. The van der Waals surface area contributed by atoms with Gasteiger partial charge in [0.15, 0.2) is 5.96 Å². The Morgan fingerprint density at radius 3 is 2.76 bits per heavy atom. The highest BCUT2D eigenvalue weighted by Crippen LogP contribution is 2.28. The molecule has 1 saturated heterocycles. The van der Waals surface area contributed by atoms with Crippen molar-refractivity contribution in [1.82, 2.24) is 10.2 Å². The number of hydrogen-bond donors (Lipinski definition) is 1. The molecule has 148 valence electrons. The van der Waals surface area contributed by atoms with E-state index in [1.165, 1.54) is 32.1 Å². The lowest BCUT2D eigenvalue weighted by Crippen LogP contribution is -2.40. The van der Waals surface area contributed by atoms with E-state index in [0.29, 0.717) is 19.1 Å². The van der Waals surface area contributed by atoms with Crippen LogP contribution in [0.4, 0.5) is 0 Å². The van der Waals surface area contributed by atoms with Crippen LogP contribution in [-0.2, 0) is 9.47 Å². The monoisotopic (exact) mass is 467 g/mol. The van der Waals surface area contributed by atoms with Crippen LogP contribution in [0.2, 0.25) is 0 Å². The molecular weight excluding hydrogens is 429 g/mol. The van der Waals surface area contributed by atoms with Gasteiger partial charge in [-0.2, -0.15) is 0 Å². The minimum absolute atomic E-state index is 0. The molecule has 0 aromatic heterocycles. The van der Waals surface area contributed by atoms with E-state index in [1.807, 2.05) is 0 Å². The molecule has 1 saturated carbocycles. The van der Waals surface area contributed by atoms with Crippen molar-refractivity contribution in [2.45, 2.75) is 46.0 Å². The van der Waals surface area contributed by atoms with Gasteiger partial charge in [0.05, 0.1) is 19.8 Å². The van der Waals surface area contributed by atoms with Crippen molar-refractivity contribution in [3.63, 3.8) is 0 Å². The van der Waals surface area contributed by atoms with Crippen LogP contribution < -0.4 is 5.32 Å². The van der Waals surface area contributed by atoms with Crippen LogP contribution in [0, 0.1) is 17.8 Å². The molecule has 1 heterocycles. The van der Waals surface area contributed by atoms with Crippen molar-refractivity contribution in [3.8, 4) is 0 Å². The van der Waals surface area contributed by atoms with Crippen LogP contribution in [0.25, 0.3) is 0 Å². The van der Waals surface area contributed by atoms with E-state index in [4.69, 9.17) is 14.5 Å². The van der Waals surface area contributed by atoms with Gasteiger partial charge in [0, 0.05) is 39.2 Å². The largest absolute Gasteiger partial charge is 0.382 e. The van der Waals surface area contributed by atoms with Crippen LogP contribution in [0.1, 0.15) is 46.0 Å². The molecule has 0 bridgehead atoms. The normalized spacial score (nSPS) is 27.2. The zero-order valence-corrected chi connectivity index (χ0v) is 18.7. The Morgan fingerprint density at radius 1 is 1.20 bits per heavy atom. The fourth-order valence-electron chi connectivity index (χ4n) is 3.92. The summed E-state index contributed by atoms with van der Waals surface area (Å²) in [4.78, 5) is 7.39. The maximum atomic E-state index is 5.70. The van der Waals surface area contributed by atoms with Crippen LogP contribution in [0.15, 0.2) is 4.99 Å². The van der Waals surface area contributed by atoms with Gasteiger partial charge in [-0.15, -0.1) is 24.0 Å². The van der Waals surface area contributed by atoms with Crippen molar-refractivity contribution in [1.29, 1.82) is 0 Å². The summed E-state index contributed by atoms with van der Waals surface area (Å²) in [7, 11) is 1.72. The van der Waals surface area contributed by atoms with Crippen molar-refractivity contribution in [2.24, 2.45) is 22.7 Å². The quantitative estimate of drug-likeness (QED) is 0.257. The highest BCUT2D eigenvalue weighted by Gasteiger charge is 2.25. The average molecular weight is 467 g/mol. The Hall–Kier alpha value is -0.0800. The second kappa shape index (κ2) is 13.1. The Morgan fingerprint density at radius 2 is 2.04 bits per heavy atom. The first-order valence-corrected chi connectivity index (χ1v) is 9.82. The summed E-state index contributed by atoms with van der Waals surface area (Å²) in [5, 5.41) is 3.49. The first-order valence-electron chi connectivity index (χ1n) is 9.82. The van der Waals surface area contributed by atoms with Gasteiger partial charge < -0.3 is 19.7 Å². The number of rotatable bonds is 8. The van der Waals surface area contributed by atoms with Crippen molar-refractivity contribution in [3.05, 3.63) is 0 Å². The van der Waals surface area contributed by atoms with Crippen LogP contribution >= 0.6 is 24.0 Å². The lowest BCUT2D eigenvalue weighted by molar-refractivity contribution is 0.0536. The molecule has 1 N–H and O–H groups in total. The van der Waals surface area contributed by atoms with Crippen molar-refractivity contribution in [2.75, 3.05) is 53.1 Å². The summed E-state index contributed by atoms with van der Waals surface area (Å²) < 4.78 is 10.7. The number of aliphatic imine (C=N–C) groups is 1. The Kier molecular flexibility index (Phi) is 12.1. The molecule has 25 heavy (non-hydrogen) atoms. The molecule has 0 spiro atoms. The van der Waals surface area contributed by atoms with E-state index in [2.05, 4.69) is 24.1 Å². The van der Waals surface area contributed by atoms with Crippen LogP contribution in [0.5, 0.6) is 0 Å². The lowest BCUT2D eigenvalue weighted by Gasteiger charge is -2.27. The third-order valence-corrected chi connectivity index (χ3v) is 5.25. The van der Waals surface area contributed by atoms with Crippen LogP contribution in [-0.4, -0.2) is 64.0 Å². The van der Waals surface area contributed by atoms with E-state index in [-0.39, 0.29) is 24.0 Å². The van der Waals surface area contributed by atoms with Gasteiger partial charge >= 0.3 is 0 Å². The van der Waals surface area contributed by atoms with Gasteiger partial charge in [-0.05, 0) is 38.0 Å². The zero-order chi connectivity index (χ0) is 17.2. The van der Waals surface area contributed by atoms with E-state index in [1.54, 1.807) is 7.11 Å². The maximum absolute atomic E-state index is 5.70. The molecule has 3 atom stereocenters.